The molecule has 3 heteroatoms. The van der Waals surface area contributed by atoms with Crippen molar-refractivity contribution >= 4 is 6.29 Å². The number of carbonyl (C=O) groups excluding carboxylic acids is 1. The van der Waals surface area contributed by atoms with Gasteiger partial charge in [0.1, 0.15) is 6.29 Å². The first kappa shape index (κ1) is 22.7. The van der Waals surface area contributed by atoms with Crippen molar-refractivity contribution in [1.29, 1.82) is 0 Å². The predicted octanol–water partition coefficient (Wildman–Crippen LogP) is 7.50. The van der Waals surface area contributed by atoms with Gasteiger partial charge in [-0.1, -0.05) is 31.4 Å². The Bertz CT molecular complexity index is 781. The number of aldehydes is 1. The Morgan fingerprint density at radius 3 is 2.69 bits per heavy atom. The first-order chi connectivity index (χ1) is 15.5. The van der Waals surface area contributed by atoms with Crippen LogP contribution in [0, 0.1) is 28.6 Å². The average Bonchev–Trinajstić information content (AvgIpc) is 3.15. The van der Waals surface area contributed by atoms with Crippen LogP contribution < -0.4 is 0 Å². The van der Waals surface area contributed by atoms with E-state index >= 15 is 0 Å². The summed E-state index contributed by atoms with van der Waals surface area (Å²) in [5, 5.41) is 0. The molecule has 7 atom stereocenters. The third kappa shape index (κ3) is 3.62. The summed E-state index contributed by atoms with van der Waals surface area (Å²) >= 11 is 0. The molecule has 32 heavy (non-hydrogen) atoms. The van der Waals surface area contributed by atoms with Gasteiger partial charge in [-0.2, -0.15) is 0 Å². The molecule has 3 saturated carbocycles. The maximum atomic E-state index is 12.6. The van der Waals surface area contributed by atoms with Gasteiger partial charge in [0.25, 0.3) is 0 Å². The van der Waals surface area contributed by atoms with Crippen LogP contribution in [0.3, 0.4) is 0 Å². The largest absolute Gasteiger partial charge is 0.470 e. The van der Waals surface area contributed by atoms with Crippen LogP contribution in [0.2, 0.25) is 0 Å². The number of allylic oxidation sites excluding steroid dienone is 4. The molecule has 0 heterocycles. The van der Waals surface area contributed by atoms with Gasteiger partial charge in [0, 0.05) is 12.8 Å². The molecule has 3 nitrogen and oxygen atoms in total. The fourth-order valence-electron chi connectivity index (χ4n) is 8.68. The van der Waals surface area contributed by atoms with Crippen LogP contribution in [0.25, 0.3) is 0 Å². The van der Waals surface area contributed by atoms with Crippen LogP contribution in [0.4, 0.5) is 0 Å². The van der Waals surface area contributed by atoms with E-state index in [9.17, 15) is 4.79 Å². The molecular formula is C29H44O3. The molecule has 3 fully saturated rings. The molecule has 0 N–H and O–H groups in total. The lowest BCUT2D eigenvalue weighted by atomic mass is 9.47. The predicted molar refractivity (Wildman–Crippen MR) is 128 cm³/mol. The summed E-state index contributed by atoms with van der Waals surface area (Å²) in [6.07, 6.45) is 20.2. The number of rotatable bonds is 6. The topological polar surface area (TPSA) is 35.5 Å². The monoisotopic (exact) mass is 440 g/mol. The van der Waals surface area contributed by atoms with Gasteiger partial charge in [0.15, 0.2) is 6.29 Å². The van der Waals surface area contributed by atoms with Crippen LogP contribution in [0.15, 0.2) is 23.0 Å². The van der Waals surface area contributed by atoms with Crippen molar-refractivity contribution in [2.45, 2.75) is 123 Å². The third-order valence-electron chi connectivity index (χ3n) is 10.3. The second-order valence-electron chi connectivity index (χ2n) is 11.8. The molecule has 0 aromatic carbocycles. The van der Waals surface area contributed by atoms with Crippen molar-refractivity contribution in [3.05, 3.63) is 23.0 Å². The Kier molecular flexibility index (Phi) is 6.33. The lowest BCUT2D eigenvalue weighted by Crippen LogP contribution is -2.53. The highest BCUT2D eigenvalue weighted by atomic mass is 16.7. The summed E-state index contributed by atoms with van der Waals surface area (Å²) in [6, 6.07) is 0. The smallest absolute Gasteiger partial charge is 0.199 e. The van der Waals surface area contributed by atoms with E-state index in [0.29, 0.717) is 17.8 Å². The van der Waals surface area contributed by atoms with Crippen molar-refractivity contribution < 1.29 is 14.3 Å². The minimum Gasteiger partial charge on any atom is -0.470 e. The van der Waals surface area contributed by atoms with Crippen LogP contribution in [-0.4, -0.2) is 18.7 Å². The summed E-state index contributed by atoms with van der Waals surface area (Å²) < 4.78 is 13.1. The summed E-state index contributed by atoms with van der Waals surface area (Å²) in [6.45, 7) is 7.03. The molecule has 178 valence electrons. The quantitative estimate of drug-likeness (QED) is 0.244. The van der Waals surface area contributed by atoms with Crippen molar-refractivity contribution in [1.82, 2.24) is 0 Å². The number of fused-ring (bicyclic) bond motifs is 5. The Morgan fingerprint density at radius 2 is 1.94 bits per heavy atom. The molecule has 0 radical (unpaired) electrons. The summed E-state index contributed by atoms with van der Waals surface area (Å²) in [5.74, 6) is 3.03. The number of hydrogen-bond donors (Lipinski definition) is 0. The highest BCUT2D eigenvalue weighted by molar-refractivity contribution is 5.68. The van der Waals surface area contributed by atoms with Gasteiger partial charge < -0.3 is 14.3 Å². The molecule has 0 bridgehead atoms. The second-order valence-corrected chi connectivity index (χ2v) is 11.8. The Morgan fingerprint density at radius 1 is 1.09 bits per heavy atom. The van der Waals surface area contributed by atoms with Crippen molar-refractivity contribution in [3.8, 4) is 0 Å². The van der Waals surface area contributed by atoms with E-state index in [2.05, 4.69) is 26.8 Å². The number of carbonyl (C=O) groups is 1. The molecule has 0 saturated heterocycles. The fourth-order valence-corrected chi connectivity index (χ4v) is 8.68. The van der Waals surface area contributed by atoms with E-state index in [1.54, 1.807) is 5.57 Å². The Hall–Kier alpha value is -1.09. The van der Waals surface area contributed by atoms with Crippen molar-refractivity contribution in [2.75, 3.05) is 0 Å². The first-order valence-corrected chi connectivity index (χ1v) is 13.7. The summed E-state index contributed by atoms with van der Waals surface area (Å²) in [4.78, 5) is 12.6. The highest BCUT2D eigenvalue weighted by Crippen LogP contribution is 2.66. The van der Waals surface area contributed by atoms with Gasteiger partial charge in [-0.25, -0.2) is 0 Å². The van der Waals surface area contributed by atoms with Gasteiger partial charge >= 0.3 is 0 Å². The molecule has 5 aliphatic rings. The minimum atomic E-state index is -0.145. The van der Waals surface area contributed by atoms with Gasteiger partial charge in [-0.05, 0) is 107 Å². The van der Waals surface area contributed by atoms with E-state index in [1.807, 2.05) is 0 Å². The van der Waals surface area contributed by atoms with Crippen molar-refractivity contribution in [3.63, 3.8) is 0 Å². The van der Waals surface area contributed by atoms with Gasteiger partial charge in [-0.15, -0.1) is 0 Å². The van der Waals surface area contributed by atoms with Crippen molar-refractivity contribution in [2.24, 2.45) is 28.6 Å². The third-order valence-corrected chi connectivity index (χ3v) is 10.3. The highest BCUT2D eigenvalue weighted by Gasteiger charge is 2.60. The molecule has 0 amide bonds. The standard InChI is InChI=1S/C29H44O3/c1-4-27(31-21-10-6-5-7-11-21)32-26-14-13-24-22-18-20(2)23-12-8-9-16-29(23,19-30)25(22)15-17-28(24,26)3/h10,19,22,24-27H,4-9,11-18H2,1-3H3/t22-,24-,25-,26-,27?,28-,29+/m0/s1. The van der Waals surface area contributed by atoms with E-state index in [4.69, 9.17) is 9.47 Å². The van der Waals surface area contributed by atoms with E-state index < -0.39 is 0 Å². The maximum absolute atomic E-state index is 12.6. The second kappa shape index (κ2) is 8.93. The SMILES string of the molecule is CCC(OC1=CCCCC1)O[C@H]1CC[C@H]2[C@@H]3CC(C)=C4CCCC[C@]4(C=O)[C@H]3CC[C@]12C. The molecule has 1 unspecified atom stereocenters. The summed E-state index contributed by atoms with van der Waals surface area (Å²) in [7, 11) is 0. The molecule has 0 aromatic rings. The number of ether oxygens (including phenoxy) is 2. The Balaban J connectivity index is 1.35. The van der Waals surface area contributed by atoms with Crippen LogP contribution >= 0.6 is 0 Å². The van der Waals surface area contributed by atoms with Gasteiger partial charge in [-0.3, -0.25) is 0 Å². The minimum absolute atomic E-state index is 0.114. The fraction of sp³-hybridized carbons (Fsp3) is 0.828. The Labute approximate surface area is 195 Å². The average molecular weight is 441 g/mol. The lowest BCUT2D eigenvalue weighted by Gasteiger charge is -2.57. The molecule has 5 rings (SSSR count). The zero-order valence-electron chi connectivity index (χ0n) is 20.7. The normalized spacial score (nSPS) is 42.4. The number of hydrogen-bond acceptors (Lipinski definition) is 3. The van der Waals surface area contributed by atoms with Crippen LogP contribution in [-0.2, 0) is 14.3 Å². The van der Waals surface area contributed by atoms with Crippen LogP contribution in [0.1, 0.15) is 111 Å². The molecule has 0 spiro atoms. The zero-order chi connectivity index (χ0) is 22.3. The summed E-state index contributed by atoms with van der Waals surface area (Å²) in [5.41, 5.74) is 3.16. The molecule has 5 aliphatic carbocycles. The van der Waals surface area contributed by atoms with Gasteiger partial charge in [0.05, 0.1) is 17.3 Å². The lowest BCUT2D eigenvalue weighted by molar-refractivity contribution is -0.189. The van der Waals surface area contributed by atoms with Gasteiger partial charge in [0.2, 0.25) is 0 Å². The van der Waals surface area contributed by atoms with E-state index in [1.165, 1.54) is 63.2 Å². The van der Waals surface area contributed by atoms with E-state index in [-0.39, 0.29) is 23.2 Å². The molecule has 0 aromatic heterocycles. The maximum Gasteiger partial charge on any atom is 0.199 e. The molecule has 0 aliphatic heterocycles. The van der Waals surface area contributed by atoms with Crippen LogP contribution in [0.5, 0.6) is 0 Å². The zero-order valence-corrected chi connectivity index (χ0v) is 20.7. The first-order valence-electron chi connectivity index (χ1n) is 13.7. The molecular weight excluding hydrogens is 396 g/mol. The van der Waals surface area contributed by atoms with E-state index in [0.717, 1.165) is 44.3 Å².